The van der Waals surface area contributed by atoms with Crippen molar-refractivity contribution in [1.29, 1.82) is 0 Å². The highest BCUT2D eigenvalue weighted by atomic mass is 32.2. The van der Waals surface area contributed by atoms with Gasteiger partial charge in [0, 0.05) is 12.8 Å². The summed E-state index contributed by atoms with van der Waals surface area (Å²) in [6, 6.07) is 7.33. The molecule has 0 aliphatic rings. The molecule has 0 fully saturated rings. The average Bonchev–Trinajstić information content (AvgIpc) is 2.81. The molecule has 94 valence electrons. The molecule has 1 aromatic carbocycles. The van der Waals surface area contributed by atoms with Crippen molar-refractivity contribution in [3.8, 4) is 0 Å². The summed E-state index contributed by atoms with van der Waals surface area (Å²) in [5.74, 6) is 0.279. The van der Waals surface area contributed by atoms with Crippen molar-refractivity contribution in [2.24, 2.45) is 7.05 Å². The molecule has 18 heavy (non-hydrogen) atoms. The number of aryl methyl sites for hydroxylation is 1. The number of ether oxygens (including phenoxy) is 1. The zero-order valence-electron chi connectivity index (χ0n) is 10.0. The molecular formula is C11H12N4O2S. The van der Waals surface area contributed by atoms with Crippen LogP contribution in [0, 0.1) is 0 Å². The van der Waals surface area contributed by atoms with E-state index in [1.165, 1.54) is 18.9 Å². The summed E-state index contributed by atoms with van der Waals surface area (Å²) in [7, 11) is 3.15. The van der Waals surface area contributed by atoms with Crippen LogP contribution in [0.4, 0.5) is 0 Å². The number of aromatic nitrogens is 4. The maximum Gasteiger partial charge on any atom is 0.338 e. The lowest BCUT2D eigenvalue weighted by atomic mass is 10.1. The number of methoxy groups -OCH3 is 1. The van der Waals surface area contributed by atoms with E-state index in [-0.39, 0.29) is 5.97 Å². The SMILES string of the molecule is COC(=O)c1ccccc1CSc1nnnn1C. The highest BCUT2D eigenvalue weighted by Gasteiger charge is 2.12. The number of rotatable bonds is 4. The maximum absolute atomic E-state index is 11.6. The van der Waals surface area contributed by atoms with Gasteiger partial charge in [-0.15, -0.1) is 5.10 Å². The first kappa shape index (κ1) is 12.6. The van der Waals surface area contributed by atoms with Crippen molar-refractivity contribution in [2.75, 3.05) is 7.11 Å². The number of thioether (sulfide) groups is 1. The molecule has 0 saturated carbocycles. The van der Waals surface area contributed by atoms with E-state index in [2.05, 4.69) is 15.5 Å². The largest absolute Gasteiger partial charge is 0.465 e. The predicted molar refractivity (Wildman–Crippen MR) is 66.1 cm³/mol. The highest BCUT2D eigenvalue weighted by Crippen LogP contribution is 2.22. The van der Waals surface area contributed by atoms with Crippen LogP contribution in [-0.2, 0) is 17.5 Å². The molecule has 6 nitrogen and oxygen atoms in total. The smallest absolute Gasteiger partial charge is 0.338 e. The number of carbonyl (C=O) groups is 1. The molecule has 0 aliphatic heterocycles. The summed E-state index contributed by atoms with van der Waals surface area (Å²) in [5.41, 5.74) is 1.47. The summed E-state index contributed by atoms with van der Waals surface area (Å²) in [6.07, 6.45) is 0. The molecule has 0 bridgehead atoms. The van der Waals surface area contributed by atoms with Gasteiger partial charge in [-0.2, -0.15) is 0 Å². The fraction of sp³-hybridized carbons (Fsp3) is 0.273. The topological polar surface area (TPSA) is 69.9 Å². The molecule has 0 unspecified atom stereocenters. The van der Waals surface area contributed by atoms with Gasteiger partial charge >= 0.3 is 5.97 Å². The molecule has 0 aliphatic carbocycles. The second kappa shape index (κ2) is 5.63. The quantitative estimate of drug-likeness (QED) is 0.612. The second-order valence-electron chi connectivity index (χ2n) is 3.52. The number of esters is 1. The molecule has 0 saturated heterocycles. The molecule has 0 amide bonds. The molecule has 0 atom stereocenters. The van der Waals surface area contributed by atoms with Gasteiger partial charge in [-0.1, -0.05) is 30.0 Å². The Morgan fingerprint density at radius 2 is 2.22 bits per heavy atom. The molecule has 2 aromatic rings. The van der Waals surface area contributed by atoms with Crippen LogP contribution in [0.15, 0.2) is 29.4 Å². The van der Waals surface area contributed by atoms with Gasteiger partial charge in [0.15, 0.2) is 0 Å². The minimum Gasteiger partial charge on any atom is -0.465 e. The number of hydrogen-bond acceptors (Lipinski definition) is 6. The van der Waals surface area contributed by atoms with Crippen LogP contribution in [-0.4, -0.2) is 33.3 Å². The predicted octanol–water partition coefficient (Wildman–Crippen LogP) is 1.29. The lowest BCUT2D eigenvalue weighted by Gasteiger charge is -2.06. The lowest BCUT2D eigenvalue weighted by molar-refractivity contribution is 0.0600. The Morgan fingerprint density at radius 1 is 1.44 bits per heavy atom. The fourth-order valence-electron chi connectivity index (χ4n) is 1.44. The summed E-state index contributed by atoms with van der Waals surface area (Å²) < 4.78 is 6.33. The van der Waals surface area contributed by atoms with E-state index < -0.39 is 0 Å². The third kappa shape index (κ3) is 2.67. The van der Waals surface area contributed by atoms with Crippen molar-refractivity contribution in [3.05, 3.63) is 35.4 Å². The molecule has 0 spiro atoms. The van der Waals surface area contributed by atoms with Crippen molar-refractivity contribution < 1.29 is 9.53 Å². The van der Waals surface area contributed by atoms with Crippen molar-refractivity contribution in [2.45, 2.75) is 10.9 Å². The zero-order valence-corrected chi connectivity index (χ0v) is 10.8. The van der Waals surface area contributed by atoms with Crippen LogP contribution in [0.5, 0.6) is 0 Å². The molecule has 2 rings (SSSR count). The molecule has 7 heteroatoms. The molecular weight excluding hydrogens is 252 g/mol. The number of tetrazole rings is 1. The Labute approximate surface area is 108 Å². The number of nitrogens with zero attached hydrogens (tertiary/aromatic N) is 4. The molecule has 1 heterocycles. The van der Waals surface area contributed by atoms with E-state index in [4.69, 9.17) is 4.74 Å². The Balaban J connectivity index is 2.14. The van der Waals surface area contributed by atoms with Crippen molar-refractivity contribution in [3.63, 3.8) is 0 Å². The van der Waals surface area contributed by atoms with Crippen LogP contribution in [0.2, 0.25) is 0 Å². The van der Waals surface area contributed by atoms with Crippen molar-refractivity contribution >= 4 is 17.7 Å². The second-order valence-corrected chi connectivity index (χ2v) is 4.46. The van der Waals surface area contributed by atoms with Gasteiger partial charge in [-0.3, -0.25) is 0 Å². The van der Waals surface area contributed by atoms with Gasteiger partial charge in [-0.05, 0) is 22.1 Å². The zero-order chi connectivity index (χ0) is 13.0. The first-order chi connectivity index (χ1) is 8.72. The highest BCUT2D eigenvalue weighted by molar-refractivity contribution is 7.98. The minimum atomic E-state index is -0.331. The number of hydrogen-bond donors (Lipinski definition) is 0. The Hall–Kier alpha value is -1.89. The molecule has 1 aromatic heterocycles. The summed E-state index contributed by atoms with van der Waals surface area (Å²) in [6.45, 7) is 0. The van der Waals surface area contributed by atoms with Gasteiger partial charge in [0.2, 0.25) is 5.16 Å². The molecule has 0 N–H and O–H groups in total. The van der Waals surface area contributed by atoms with Crippen LogP contribution in [0.25, 0.3) is 0 Å². The van der Waals surface area contributed by atoms with Gasteiger partial charge in [0.25, 0.3) is 0 Å². The van der Waals surface area contributed by atoms with Crippen LogP contribution in [0.3, 0.4) is 0 Å². The van der Waals surface area contributed by atoms with Gasteiger partial charge < -0.3 is 4.74 Å². The number of benzene rings is 1. The number of carbonyl (C=O) groups excluding carboxylic acids is 1. The minimum absolute atomic E-state index is 0.331. The van der Waals surface area contributed by atoms with E-state index in [1.54, 1.807) is 17.8 Å². The van der Waals surface area contributed by atoms with Crippen LogP contribution >= 0.6 is 11.8 Å². The van der Waals surface area contributed by atoms with E-state index in [0.717, 1.165) is 5.56 Å². The standard InChI is InChI=1S/C11H12N4O2S/c1-15-11(12-13-14-15)18-7-8-5-3-4-6-9(8)10(16)17-2/h3-6H,7H2,1-2H3. The van der Waals surface area contributed by atoms with E-state index in [9.17, 15) is 4.79 Å². The third-order valence-electron chi connectivity index (χ3n) is 2.36. The molecule has 0 radical (unpaired) electrons. The summed E-state index contributed by atoms with van der Waals surface area (Å²) >= 11 is 1.47. The Morgan fingerprint density at radius 3 is 2.89 bits per heavy atom. The first-order valence-electron chi connectivity index (χ1n) is 5.23. The summed E-state index contributed by atoms with van der Waals surface area (Å²) in [5, 5.41) is 11.9. The fourth-order valence-corrected chi connectivity index (χ4v) is 2.30. The third-order valence-corrected chi connectivity index (χ3v) is 3.42. The lowest BCUT2D eigenvalue weighted by Crippen LogP contribution is -2.05. The average molecular weight is 264 g/mol. The maximum atomic E-state index is 11.6. The first-order valence-corrected chi connectivity index (χ1v) is 6.22. The normalized spacial score (nSPS) is 10.3. The van der Waals surface area contributed by atoms with E-state index in [0.29, 0.717) is 16.5 Å². The van der Waals surface area contributed by atoms with E-state index >= 15 is 0 Å². The van der Waals surface area contributed by atoms with Gasteiger partial charge in [0.1, 0.15) is 0 Å². The monoisotopic (exact) mass is 264 g/mol. The Kier molecular flexibility index (Phi) is 3.93. The Bertz CT molecular complexity index is 555. The van der Waals surface area contributed by atoms with Crippen molar-refractivity contribution in [1.82, 2.24) is 20.2 Å². The van der Waals surface area contributed by atoms with Gasteiger partial charge in [0.05, 0.1) is 12.7 Å². The van der Waals surface area contributed by atoms with Crippen LogP contribution in [0.1, 0.15) is 15.9 Å². The van der Waals surface area contributed by atoms with E-state index in [1.807, 2.05) is 18.2 Å². The summed E-state index contributed by atoms with van der Waals surface area (Å²) in [4.78, 5) is 11.6. The van der Waals surface area contributed by atoms with Crippen LogP contribution < -0.4 is 0 Å². The van der Waals surface area contributed by atoms with Gasteiger partial charge in [-0.25, -0.2) is 9.48 Å².